The van der Waals surface area contributed by atoms with Crippen molar-refractivity contribution in [1.82, 2.24) is 20.0 Å². The van der Waals surface area contributed by atoms with Crippen LogP contribution in [0.25, 0.3) is 0 Å². The number of aromatic nitrogens is 3. The predicted octanol–water partition coefficient (Wildman–Crippen LogP) is 4.04. The molecule has 0 spiro atoms. The summed E-state index contributed by atoms with van der Waals surface area (Å²) in [7, 11) is 0. The minimum Gasteiger partial charge on any atom is -0.359 e. The van der Waals surface area contributed by atoms with Crippen molar-refractivity contribution in [2.45, 2.75) is 58.5 Å². The fraction of sp³-hybridized carbons (Fsp3) is 0.625. The van der Waals surface area contributed by atoms with Crippen LogP contribution in [0, 0.1) is 6.92 Å². The Morgan fingerprint density at radius 2 is 2.36 bits per heavy atom. The Hall–Kier alpha value is -1.33. The first-order valence-electron chi connectivity index (χ1n) is 8.08. The van der Waals surface area contributed by atoms with E-state index in [2.05, 4.69) is 26.9 Å². The second-order valence-corrected chi connectivity index (χ2v) is 6.41. The van der Waals surface area contributed by atoms with Crippen molar-refractivity contribution >= 4 is 11.6 Å². The molecular formula is C16H23ClN4O. The first-order chi connectivity index (χ1) is 10.7. The molecular weight excluding hydrogens is 300 g/mol. The summed E-state index contributed by atoms with van der Waals surface area (Å²) in [4.78, 5) is 10.2. The third kappa shape index (κ3) is 3.36. The van der Waals surface area contributed by atoms with Gasteiger partial charge in [0, 0.05) is 19.0 Å². The zero-order chi connectivity index (χ0) is 15.5. The van der Waals surface area contributed by atoms with E-state index >= 15 is 0 Å². The molecule has 0 radical (unpaired) electrons. The zero-order valence-corrected chi connectivity index (χ0v) is 14.0. The summed E-state index contributed by atoms with van der Waals surface area (Å²) in [5, 5.41) is 4.61. The summed E-state index contributed by atoms with van der Waals surface area (Å²) in [5.74, 6) is 1.95. The van der Waals surface area contributed by atoms with Crippen LogP contribution >= 0.6 is 11.6 Å². The highest BCUT2D eigenvalue weighted by atomic mass is 35.5. The van der Waals surface area contributed by atoms with Gasteiger partial charge in [-0.1, -0.05) is 30.1 Å². The van der Waals surface area contributed by atoms with E-state index < -0.39 is 0 Å². The Kier molecular flexibility index (Phi) is 4.84. The average molecular weight is 323 g/mol. The summed E-state index contributed by atoms with van der Waals surface area (Å²) in [6.45, 7) is 5.96. The normalized spacial score (nSPS) is 19.1. The second-order valence-electron chi connectivity index (χ2n) is 6.06. The molecule has 1 aliphatic rings. The maximum absolute atomic E-state index is 6.30. The highest BCUT2D eigenvalue weighted by molar-refractivity contribution is 6.30. The quantitative estimate of drug-likeness (QED) is 0.872. The SMILES string of the molecule is CCCCc1nc(Cl)c(CN2CCC[C@@H]2c2cc(C)no2)[nH]1. The number of aromatic amines is 1. The molecule has 0 unspecified atom stereocenters. The number of nitrogens with zero attached hydrogens (tertiary/aromatic N) is 3. The van der Waals surface area contributed by atoms with Gasteiger partial charge in [0.05, 0.1) is 17.4 Å². The number of nitrogens with one attached hydrogen (secondary N) is 1. The van der Waals surface area contributed by atoms with Gasteiger partial charge >= 0.3 is 0 Å². The minimum absolute atomic E-state index is 0.291. The summed E-state index contributed by atoms with van der Waals surface area (Å²) in [6.07, 6.45) is 5.52. The molecule has 1 aliphatic heterocycles. The summed E-state index contributed by atoms with van der Waals surface area (Å²) >= 11 is 6.30. The van der Waals surface area contributed by atoms with Crippen molar-refractivity contribution in [1.29, 1.82) is 0 Å². The fourth-order valence-electron chi connectivity index (χ4n) is 3.09. The van der Waals surface area contributed by atoms with Gasteiger partial charge in [-0.05, 0) is 32.7 Å². The van der Waals surface area contributed by atoms with Gasteiger partial charge < -0.3 is 9.51 Å². The van der Waals surface area contributed by atoms with Crippen LogP contribution in [0.5, 0.6) is 0 Å². The molecule has 0 amide bonds. The Balaban J connectivity index is 1.70. The fourth-order valence-corrected chi connectivity index (χ4v) is 3.30. The molecule has 0 bridgehead atoms. The van der Waals surface area contributed by atoms with Crippen molar-refractivity contribution < 1.29 is 4.52 Å². The maximum atomic E-state index is 6.30. The van der Waals surface area contributed by atoms with Crippen LogP contribution in [0.2, 0.25) is 5.15 Å². The molecule has 3 rings (SSSR count). The van der Waals surface area contributed by atoms with Gasteiger partial charge in [0.25, 0.3) is 0 Å². The van der Waals surface area contributed by atoms with E-state index in [1.165, 1.54) is 6.42 Å². The van der Waals surface area contributed by atoms with Gasteiger partial charge in [-0.3, -0.25) is 4.90 Å². The Morgan fingerprint density at radius 3 is 3.09 bits per heavy atom. The molecule has 2 aromatic rings. The molecule has 0 aliphatic carbocycles. The zero-order valence-electron chi connectivity index (χ0n) is 13.2. The third-order valence-corrected chi connectivity index (χ3v) is 4.56. The number of H-pyrrole nitrogens is 1. The van der Waals surface area contributed by atoms with Crippen molar-refractivity contribution in [2.24, 2.45) is 0 Å². The van der Waals surface area contributed by atoms with Crippen molar-refractivity contribution in [3.8, 4) is 0 Å². The lowest BCUT2D eigenvalue weighted by Crippen LogP contribution is -2.22. The number of rotatable bonds is 6. The second kappa shape index (κ2) is 6.84. The molecule has 5 nitrogen and oxygen atoms in total. The van der Waals surface area contributed by atoms with Crippen LogP contribution in [0.3, 0.4) is 0 Å². The molecule has 0 saturated carbocycles. The van der Waals surface area contributed by atoms with Gasteiger partial charge in [0.1, 0.15) is 5.82 Å². The smallest absolute Gasteiger partial charge is 0.154 e. The lowest BCUT2D eigenvalue weighted by molar-refractivity contribution is 0.205. The lowest BCUT2D eigenvalue weighted by atomic mass is 10.1. The Bertz CT molecular complexity index is 621. The summed E-state index contributed by atoms with van der Waals surface area (Å²) < 4.78 is 5.45. The molecule has 1 saturated heterocycles. The van der Waals surface area contributed by atoms with E-state index in [4.69, 9.17) is 16.1 Å². The average Bonchev–Trinajstić information content (AvgIpc) is 3.19. The first-order valence-corrected chi connectivity index (χ1v) is 8.45. The number of halogens is 1. The molecule has 0 aromatic carbocycles. The van der Waals surface area contributed by atoms with Crippen LogP contribution in [0.1, 0.15) is 61.6 Å². The van der Waals surface area contributed by atoms with E-state index in [-0.39, 0.29) is 0 Å². The van der Waals surface area contributed by atoms with E-state index in [1.807, 2.05) is 13.0 Å². The molecule has 1 fully saturated rings. The molecule has 120 valence electrons. The van der Waals surface area contributed by atoms with Crippen LogP contribution in [0.15, 0.2) is 10.6 Å². The van der Waals surface area contributed by atoms with Gasteiger partial charge in [-0.2, -0.15) is 0 Å². The highest BCUT2D eigenvalue weighted by Gasteiger charge is 2.30. The molecule has 22 heavy (non-hydrogen) atoms. The molecule has 6 heteroatoms. The monoisotopic (exact) mass is 322 g/mol. The van der Waals surface area contributed by atoms with Gasteiger partial charge in [0.15, 0.2) is 10.9 Å². The van der Waals surface area contributed by atoms with E-state index in [0.29, 0.717) is 11.2 Å². The molecule has 3 heterocycles. The number of imidazole rings is 1. The number of aryl methyl sites for hydroxylation is 2. The van der Waals surface area contributed by atoms with Crippen LogP contribution in [0.4, 0.5) is 0 Å². The van der Waals surface area contributed by atoms with Crippen molar-refractivity contribution in [3.05, 3.63) is 34.2 Å². The number of hydrogen-bond donors (Lipinski definition) is 1. The van der Waals surface area contributed by atoms with Gasteiger partial charge in [-0.25, -0.2) is 4.98 Å². The maximum Gasteiger partial charge on any atom is 0.154 e. The van der Waals surface area contributed by atoms with E-state index in [9.17, 15) is 0 Å². The highest BCUT2D eigenvalue weighted by Crippen LogP contribution is 2.34. The summed E-state index contributed by atoms with van der Waals surface area (Å²) in [6, 6.07) is 2.32. The lowest BCUT2D eigenvalue weighted by Gasteiger charge is -2.21. The topological polar surface area (TPSA) is 58.0 Å². The van der Waals surface area contributed by atoms with Crippen molar-refractivity contribution in [2.75, 3.05) is 6.54 Å². The van der Waals surface area contributed by atoms with E-state index in [1.54, 1.807) is 0 Å². The first kappa shape index (κ1) is 15.6. The van der Waals surface area contributed by atoms with Gasteiger partial charge in [0.2, 0.25) is 0 Å². The largest absolute Gasteiger partial charge is 0.359 e. The molecule has 2 aromatic heterocycles. The van der Waals surface area contributed by atoms with Gasteiger partial charge in [-0.15, -0.1) is 0 Å². The van der Waals surface area contributed by atoms with Crippen LogP contribution in [-0.2, 0) is 13.0 Å². The third-order valence-electron chi connectivity index (χ3n) is 4.24. The number of likely N-dealkylation sites (tertiary alicyclic amines) is 1. The number of hydrogen-bond acceptors (Lipinski definition) is 4. The predicted molar refractivity (Wildman–Crippen MR) is 85.8 cm³/mol. The molecule has 1 N–H and O–H groups in total. The van der Waals surface area contributed by atoms with Crippen LogP contribution in [-0.4, -0.2) is 26.6 Å². The number of unbranched alkanes of at least 4 members (excludes halogenated alkanes) is 1. The standard InChI is InChI=1S/C16H23ClN4O/c1-3-4-7-15-18-12(16(17)19-15)10-21-8-5-6-13(21)14-9-11(2)20-22-14/h9,13H,3-8,10H2,1-2H3,(H,18,19)/t13-/m1/s1. The Labute approximate surface area is 136 Å². The molecule has 1 atom stereocenters. The Morgan fingerprint density at radius 1 is 1.50 bits per heavy atom. The van der Waals surface area contributed by atoms with Crippen LogP contribution < -0.4 is 0 Å². The van der Waals surface area contributed by atoms with E-state index in [0.717, 1.165) is 61.7 Å². The summed E-state index contributed by atoms with van der Waals surface area (Å²) in [5.41, 5.74) is 1.94. The van der Waals surface area contributed by atoms with Crippen molar-refractivity contribution in [3.63, 3.8) is 0 Å². The minimum atomic E-state index is 0.291.